The van der Waals surface area contributed by atoms with Gasteiger partial charge in [-0.2, -0.15) is 0 Å². The van der Waals surface area contributed by atoms with Gasteiger partial charge in [-0.1, -0.05) is 11.6 Å². The highest BCUT2D eigenvalue weighted by molar-refractivity contribution is 7.19. The van der Waals surface area contributed by atoms with Crippen LogP contribution in [0.1, 0.15) is 35.6 Å². The van der Waals surface area contributed by atoms with Crippen LogP contribution in [-0.2, 0) is 16.1 Å². The van der Waals surface area contributed by atoms with Crippen LogP contribution in [0.4, 0.5) is 5.69 Å². The second-order valence-electron chi connectivity index (χ2n) is 9.62. The predicted molar refractivity (Wildman–Crippen MR) is 130 cm³/mol. The number of nitrogens with one attached hydrogen (secondary N) is 1. The average Bonchev–Trinajstić information content (AvgIpc) is 3.32. The summed E-state index contributed by atoms with van der Waals surface area (Å²) in [5, 5.41) is 4.20. The summed E-state index contributed by atoms with van der Waals surface area (Å²) in [6, 6.07) is 8.89. The molecule has 0 radical (unpaired) electrons. The molecule has 0 unspecified atom stereocenters. The van der Waals surface area contributed by atoms with Gasteiger partial charge in [0.05, 0.1) is 22.8 Å². The normalized spacial score (nSPS) is 24.3. The molecular weight excluding hydrogens is 456 g/mol. The fourth-order valence-corrected chi connectivity index (χ4v) is 7.02. The van der Waals surface area contributed by atoms with Crippen molar-refractivity contribution in [2.24, 2.45) is 5.92 Å². The number of carbonyl (C=O) groups excluding carboxylic acids is 2. The van der Waals surface area contributed by atoms with Crippen molar-refractivity contribution in [2.75, 3.05) is 24.5 Å². The fourth-order valence-electron chi connectivity index (χ4n) is 5.66. The number of nitrogens with zero attached hydrogens (tertiary/aromatic N) is 3. The lowest BCUT2D eigenvalue weighted by Crippen LogP contribution is -2.58. The number of carbonyl (C=O) groups is 2. The number of halogens is 1. The second kappa shape index (κ2) is 7.26. The lowest BCUT2D eigenvalue weighted by molar-refractivity contribution is -0.138. The molecule has 7 rings (SSSR count). The molecule has 168 valence electrons. The Hall–Kier alpha value is -2.48. The smallest absolute Gasteiger partial charge is 0.230 e. The summed E-state index contributed by atoms with van der Waals surface area (Å²) in [6.07, 6.45) is 3.73. The van der Waals surface area contributed by atoms with Gasteiger partial charge in [0.1, 0.15) is 0 Å². The van der Waals surface area contributed by atoms with E-state index in [0.29, 0.717) is 31.3 Å². The molecule has 3 fully saturated rings. The van der Waals surface area contributed by atoms with Gasteiger partial charge in [-0.25, -0.2) is 0 Å². The zero-order valence-electron chi connectivity index (χ0n) is 18.0. The van der Waals surface area contributed by atoms with E-state index in [4.69, 9.17) is 11.6 Å². The largest absolute Gasteiger partial charge is 0.365 e. The molecule has 2 atom stereocenters. The third-order valence-corrected chi connectivity index (χ3v) is 8.93. The molecule has 2 aromatic heterocycles. The van der Waals surface area contributed by atoms with Gasteiger partial charge in [0.2, 0.25) is 11.8 Å². The maximum absolute atomic E-state index is 12.1. The number of pyridine rings is 1. The molecule has 3 aliphatic heterocycles. The van der Waals surface area contributed by atoms with Gasteiger partial charge >= 0.3 is 0 Å². The summed E-state index contributed by atoms with van der Waals surface area (Å²) < 4.78 is 1.08. The maximum atomic E-state index is 12.1. The Morgan fingerprint density at radius 1 is 1.12 bits per heavy atom. The van der Waals surface area contributed by atoms with Crippen LogP contribution in [0.2, 0.25) is 5.02 Å². The van der Waals surface area contributed by atoms with E-state index in [1.54, 1.807) is 11.3 Å². The van der Waals surface area contributed by atoms with Gasteiger partial charge in [-0.3, -0.25) is 19.5 Å². The van der Waals surface area contributed by atoms with E-state index in [1.807, 2.05) is 12.3 Å². The quantitative estimate of drug-likeness (QED) is 0.570. The molecule has 2 amide bonds. The number of anilines is 1. The highest BCUT2D eigenvalue weighted by atomic mass is 35.5. The fraction of sp³-hybridized carbons (Fsp3) is 0.400. The summed E-state index contributed by atoms with van der Waals surface area (Å²) in [7, 11) is 0. The number of hydrogen-bond donors (Lipinski definition) is 1. The first kappa shape index (κ1) is 19.9. The number of fused-ring (bicyclic) bond motifs is 4. The molecule has 1 aliphatic carbocycles. The molecule has 4 aliphatic rings. The van der Waals surface area contributed by atoms with Crippen molar-refractivity contribution in [3.8, 4) is 11.1 Å². The Kier molecular flexibility index (Phi) is 4.39. The number of imide groups is 1. The maximum Gasteiger partial charge on any atom is 0.230 e. The summed E-state index contributed by atoms with van der Waals surface area (Å²) in [5.41, 5.74) is 5.92. The molecule has 3 aromatic rings. The highest BCUT2D eigenvalue weighted by Crippen LogP contribution is 2.58. The van der Waals surface area contributed by atoms with Gasteiger partial charge < -0.3 is 10.2 Å². The van der Waals surface area contributed by atoms with Crippen molar-refractivity contribution in [3.63, 3.8) is 0 Å². The van der Waals surface area contributed by atoms with Crippen LogP contribution >= 0.6 is 22.9 Å². The first-order chi connectivity index (χ1) is 16.1. The van der Waals surface area contributed by atoms with Gasteiger partial charge in [-0.15, -0.1) is 11.3 Å². The summed E-state index contributed by atoms with van der Waals surface area (Å²) in [4.78, 5) is 33.8. The molecule has 8 heteroatoms. The van der Waals surface area contributed by atoms with E-state index in [2.05, 4.69) is 33.4 Å². The highest BCUT2D eigenvalue weighted by Gasteiger charge is 2.48. The summed E-state index contributed by atoms with van der Waals surface area (Å²) in [5.74, 6) is 1.19. The zero-order chi connectivity index (χ0) is 22.3. The third kappa shape index (κ3) is 3.13. The standard InChI is InChI=1S/C25H23ClN4O2S/c26-14-6-19(24-20(7-14)18-5-13(18)11-29(24)15-9-27-10-15)17-3-4-28-21-8-16(33-25(17)21)12-30-22(31)1-2-23(30)32/h3-4,6-8,13,15,18,27H,1-2,5,9-12H2/t13-,18-/m0/s1. The van der Waals surface area contributed by atoms with Crippen molar-refractivity contribution in [1.29, 1.82) is 0 Å². The lowest BCUT2D eigenvalue weighted by Gasteiger charge is -2.44. The Morgan fingerprint density at radius 3 is 2.70 bits per heavy atom. The van der Waals surface area contributed by atoms with Crippen LogP contribution < -0.4 is 10.2 Å². The van der Waals surface area contributed by atoms with Crippen molar-refractivity contribution in [2.45, 2.75) is 37.8 Å². The van der Waals surface area contributed by atoms with E-state index in [0.717, 1.165) is 51.2 Å². The first-order valence-corrected chi connectivity index (χ1v) is 12.8. The van der Waals surface area contributed by atoms with Crippen LogP contribution in [0.3, 0.4) is 0 Å². The van der Waals surface area contributed by atoms with Crippen LogP contribution in [-0.4, -0.2) is 47.4 Å². The van der Waals surface area contributed by atoms with Crippen molar-refractivity contribution in [1.82, 2.24) is 15.2 Å². The zero-order valence-corrected chi connectivity index (χ0v) is 19.6. The number of likely N-dealkylation sites (tertiary alicyclic amines) is 1. The molecule has 33 heavy (non-hydrogen) atoms. The number of aromatic nitrogens is 1. The van der Waals surface area contributed by atoms with E-state index in [9.17, 15) is 9.59 Å². The van der Waals surface area contributed by atoms with E-state index < -0.39 is 0 Å². The molecule has 1 aromatic carbocycles. The van der Waals surface area contributed by atoms with Crippen molar-refractivity contribution >= 4 is 50.7 Å². The monoisotopic (exact) mass is 478 g/mol. The number of benzene rings is 1. The lowest BCUT2D eigenvalue weighted by atomic mass is 9.91. The van der Waals surface area contributed by atoms with Gasteiger partial charge in [-0.05, 0) is 48.1 Å². The number of rotatable bonds is 4. The molecule has 2 saturated heterocycles. The van der Waals surface area contributed by atoms with E-state index in [-0.39, 0.29) is 11.8 Å². The van der Waals surface area contributed by atoms with Crippen LogP contribution in [0, 0.1) is 5.92 Å². The van der Waals surface area contributed by atoms with Gasteiger partial charge in [0, 0.05) is 65.4 Å². The Bertz CT molecular complexity index is 1320. The molecule has 5 heterocycles. The number of amides is 2. The number of thiophene rings is 1. The van der Waals surface area contributed by atoms with Crippen LogP contribution in [0.25, 0.3) is 21.3 Å². The number of hydrogen-bond acceptors (Lipinski definition) is 6. The minimum Gasteiger partial charge on any atom is -0.365 e. The Morgan fingerprint density at radius 2 is 1.94 bits per heavy atom. The van der Waals surface area contributed by atoms with Crippen molar-refractivity contribution < 1.29 is 9.59 Å². The van der Waals surface area contributed by atoms with E-state index in [1.165, 1.54) is 28.1 Å². The van der Waals surface area contributed by atoms with Gasteiger partial charge in [0.25, 0.3) is 0 Å². The van der Waals surface area contributed by atoms with Crippen molar-refractivity contribution in [3.05, 3.63) is 45.9 Å². The van der Waals surface area contributed by atoms with E-state index >= 15 is 0 Å². The molecule has 1 saturated carbocycles. The predicted octanol–water partition coefficient (Wildman–Crippen LogP) is 4.16. The minimum atomic E-state index is -0.0849. The average molecular weight is 479 g/mol. The minimum absolute atomic E-state index is 0.0849. The second-order valence-corrected chi connectivity index (χ2v) is 11.2. The SMILES string of the molecule is O=C1CCC(=O)N1Cc1cc2nccc(-c3cc(Cl)cc4c3N(C3CNC3)C[C@@H]3C[C@H]43)c2s1. The Balaban J connectivity index is 1.36. The van der Waals surface area contributed by atoms with Crippen LogP contribution in [0.5, 0.6) is 0 Å². The molecule has 0 bridgehead atoms. The molecular formula is C25H23ClN4O2S. The summed E-state index contributed by atoms with van der Waals surface area (Å²) >= 11 is 8.29. The molecule has 0 spiro atoms. The third-order valence-electron chi connectivity index (χ3n) is 7.57. The Labute approximate surface area is 200 Å². The molecule has 6 nitrogen and oxygen atoms in total. The topological polar surface area (TPSA) is 65.5 Å². The van der Waals surface area contributed by atoms with Crippen LogP contribution in [0.15, 0.2) is 30.5 Å². The van der Waals surface area contributed by atoms with Gasteiger partial charge in [0.15, 0.2) is 0 Å². The summed E-state index contributed by atoms with van der Waals surface area (Å²) in [6.45, 7) is 3.48. The first-order valence-electron chi connectivity index (χ1n) is 11.6. The molecule has 1 N–H and O–H groups in total.